The number of nitrogens with zero attached hydrogens (tertiary/aromatic N) is 3. The van der Waals surface area contributed by atoms with E-state index in [-0.39, 0.29) is 18.1 Å². The van der Waals surface area contributed by atoms with Crippen molar-refractivity contribution in [3.63, 3.8) is 0 Å². The number of hydrogen-bond acceptors (Lipinski definition) is 5. The van der Waals surface area contributed by atoms with Crippen LogP contribution in [0, 0.1) is 5.82 Å². The highest BCUT2D eigenvalue weighted by atomic mass is 19.1. The van der Waals surface area contributed by atoms with Gasteiger partial charge in [-0.3, -0.25) is 0 Å². The molecule has 1 fully saturated rings. The van der Waals surface area contributed by atoms with Gasteiger partial charge in [0.25, 0.3) is 0 Å². The molecule has 138 valence electrons. The number of carbonyl (C=O) groups is 1. The average Bonchev–Trinajstić information content (AvgIpc) is 2.66. The zero-order valence-corrected chi connectivity index (χ0v) is 14.5. The maximum absolute atomic E-state index is 12.9. The van der Waals surface area contributed by atoms with E-state index in [1.165, 1.54) is 0 Å². The van der Waals surface area contributed by atoms with Crippen molar-refractivity contribution in [2.75, 3.05) is 25.0 Å². The van der Waals surface area contributed by atoms with Gasteiger partial charge >= 0.3 is 12.0 Å². The molecule has 1 aliphatic heterocycles. The number of rotatable bonds is 5. The zero-order chi connectivity index (χ0) is 18.4. The van der Waals surface area contributed by atoms with Crippen LogP contribution in [0.25, 0.3) is 0 Å². The molecule has 0 radical (unpaired) electrons. The fourth-order valence-corrected chi connectivity index (χ4v) is 2.73. The number of amides is 2. The zero-order valence-electron chi connectivity index (χ0n) is 14.5. The summed E-state index contributed by atoms with van der Waals surface area (Å²) in [5.74, 6) is 0.244. The molecule has 0 spiro atoms. The number of piperidine rings is 1. The van der Waals surface area contributed by atoms with Crippen LogP contribution in [0.2, 0.25) is 0 Å². The number of nitrogens with one attached hydrogen (secondary N) is 1. The molecule has 8 heteroatoms. The molecule has 1 N–H and O–H groups in total. The Morgan fingerprint density at radius 1 is 1.31 bits per heavy atom. The van der Waals surface area contributed by atoms with Gasteiger partial charge in [-0.15, -0.1) is 0 Å². The third kappa shape index (κ3) is 4.81. The van der Waals surface area contributed by atoms with Gasteiger partial charge in [0.05, 0.1) is 25.5 Å². The Kier molecular flexibility index (Phi) is 5.83. The van der Waals surface area contributed by atoms with Crippen molar-refractivity contribution >= 4 is 11.7 Å². The minimum Gasteiger partial charge on any atom is -0.494 e. The quantitative estimate of drug-likeness (QED) is 0.887. The largest absolute Gasteiger partial charge is 0.494 e. The summed E-state index contributed by atoms with van der Waals surface area (Å²) < 4.78 is 23.9. The highest BCUT2D eigenvalue weighted by Crippen LogP contribution is 2.19. The van der Waals surface area contributed by atoms with E-state index < -0.39 is 5.82 Å². The lowest BCUT2D eigenvalue weighted by Gasteiger charge is -2.32. The SMILES string of the molecule is CCOc1ccc(NC(=O)N2CCCC(Oc3ncc(F)cn3)C2)cc1. The van der Waals surface area contributed by atoms with Crippen LogP contribution in [0.4, 0.5) is 14.9 Å². The van der Waals surface area contributed by atoms with Crippen LogP contribution in [0.3, 0.4) is 0 Å². The smallest absolute Gasteiger partial charge is 0.321 e. The molecule has 1 atom stereocenters. The fraction of sp³-hybridized carbons (Fsp3) is 0.389. The fourth-order valence-electron chi connectivity index (χ4n) is 2.73. The molecule has 26 heavy (non-hydrogen) atoms. The molecule has 3 rings (SSSR count). The summed E-state index contributed by atoms with van der Waals surface area (Å²) in [4.78, 5) is 21.7. The van der Waals surface area contributed by atoms with Gasteiger partial charge < -0.3 is 19.7 Å². The average molecular weight is 360 g/mol. The number of anilines is 1. The minimum atomic E-state index is -0.516. The van der Waals surface area contributed by atoms with E-state index in [0.29, 0.717) is 25.4 Å². The second-order valence-corrected chi connectivity index (χ2v) is 5.90. The van der Waals surface area contributed by atoms with Crippen LogP contribution < -0.4 is 14.8 Å². The van der Waals surface area contributed by atoms with Crippen LogP contribution >= 0.6 is 0 Å². The summed E-state index contributed by atoms with van der Waals surface area (Å²) in [5.41, 5.74) is 0.698. The summed E-state index contributed by atoms with van der Waals surface area (Å²) in [6.07, 6.45) is 3.49. The number of urea groups is 1. The lowest BCUT2D eigenvalue weighted by molar-refractivity contribution is 0.0981. The summed E-state index contributed by atoms with van der Waals surface area (Å²) in [7, 11) is 0. The van der Waals surface area contributed by atoms with Crippen LogP contribution in [0.1, 0.15) is 19.8 Å². The van der Waals surface area contributed by atoms with Gasteiger partial charge in [0.2, 0.25) is 0 Å². The molecule has 2 amide bonds. The predicted octanol–water partition coefficient (Wildman–Crippen LogP) is 3.09. The number of benzene rings is 1. The minimum absolute atomic E-state index is 0.116. The first kappa shape index (κ1) is 17.9. The Hall–Kier alpha value is -2.90. The van der Waals surface area contributed by atoms with Crippen molar-refractivity contribution in [1.82, 2.24) is 14.9 Å². The molecule has 1 saturated heterocycles. The normalized spacial score (nSPS) is 16.8. The number of carbonyl (C=O) groups excluding carboxylic acids is 1. The second-order valence-electron chi connectivity index (χ2n) is 5.90. The first-order chi connectivity index (χ1) is 12.6. The van der Waals surface area contributed by atoms with E-state index >= 15 is 0 Å². The summed E-state index contributed by atoms with van der Waals surface area (Å²) in [6, 6.07) is 7.15. The maximum Gasteiger partial charge on any atom is 0.321 e. The molecule has 1 aromatic heterocycles. The third-order valence-electron chi connectivity index (χ3n) is 3.95. The number of halogens is 1. The molecular formula is C18H21FN4O3. The second kappa shape index (κ2) is 8.46. The van der Waals surface area contributed by atoms with E-state index in [9.17, 15) is 9.18 Å². The number of hydrogen-bond donors (Lipinski definition) is 1. The lowest BCUT2D eigenvalue weighted by Crippen LogP contribution is -2.46. The molecule has 7 nitrogen and oxygen atoms in total. The topological polar surface area (TPSA) is 76.6 Å². The molecule has 1 aromatic carbocycles. The Balaban J connectivity index is 1.54. The summed E-state index contributed by atoms with van der Waals surface area (Å²) >= 11 is 0. The van der Waals surface area contributed by atoms with E-state index in [0.717, 1.165) is 31.0 Å². The van der Waals surface area contributed by atoms with Gasteiger partial charge in [0, 0.05) is 12.2 Å². The van der Waals surface area contributed by atoms with Crippen LogP contribution in [-0.2, 0) is 0 Å². The molecular weight excluding hydrogens is 339 g/mol. The molecule has 1 aliphatic rings. The van der Waals surface area contributed by atoms with Crippen LogP contribution in [0.5, 0.6) is 11.8 Å². The highest BCUT2D eigenvalue weighted by Gasteiger charge is 2.25. The van der Waals surface area contributed by atoms with Crippen molar-refractivity contribution in [2.24, 2.45) is 0 Å². The van der Waals surface area contributed by atoms with Gasteiger partial charge in [-0.05, 0) is 44.0 Å². The lowest BCUT2D eigenvalue weighted by atomic mass is 10.1. The molecule has 0 bridgehead atoms. The number of ether oxygens (including phenoxy) is 2. The first-order valence-corrected chi connectivity index (χ1v) is 8.57. The Morgan fingerprint density at radius 2 is 2.04 bits per heavy atom. The van der Waals surface area contributed by atoms with Crippen molar-refractivity contribution in [3.05, 3.63) is 42.5 Å². The molecule has 2 heterocycles. The molecule has 0 aliphatic carbocycles. The molecule has 1 unspecified atom stereocenters. The van der Waals surface area contributed by atoms with Crippen LogP contribution in [-0.4, -0.2) is 46.7 Å². The monoisotopic (exact) mass is 360 g/mol. The van der Waals surface area contributed by atoms with E-state index in [2.05, 4.69) is 15.3 Å². The maximum atomic E-state index is 12.9. The summed E-state index contributed by atoms with van der Waals surface area (Å²) in [5, 5.41) is 2.87. The van der Waals surface area contributed by atoms with E-state index in [1.807, 2.05) is 19.1 Å². The van der Waals surface area contributed by atoms with Gasteiger partial charge in [-0.1, -0.05) is 0 Å². The van der Waals surface area contributed by atoms with Gasteiger partial charge in [0.15, 0.2) is 5.82 Å². The van der Waals surface area contributed by atoms with Gasteiger partial charge in [-0.2, -0.15) is 0 Å². The Morgan fingerprint density at radius 3 is 2.73 bits per heavy atom. The number of aromatic nitrogens is 2. The van der Waals surface area contributed by atoms with E-state index in [1.54, 1.807) is 17.0 Å². The van der Waals surface area contributed by atoms with Crippen LogP contribution in [0.15, 0.2) is 36.7 Å². The predicted molar refractivity (Wildman–Crippen MR) is 93.8 cm³/mol. The van der Waals surface area contributed by atoms with Crippen molar-refractivity contribution in [2.45, 2.75) is 25.9 Å². The highest BCUT2D eigenvalue weighted by molar-refractivity contribution is 5.89. The standard InChI is InChI=1S/C18H21FN4O3/c1-2-25-15-7-5-14(6-8-15)22-18(24)23-9-3-4-16(12-23)26-17-20-10-13(19)11-21-17/h5-8,10-11,16H,2-4,9,12H2,1H3,(H,22,24). The first-order valence-electron chi connectivity index (χ1n) is 8.57. The van der Waals surface area contributed by atoms with Crippen molar-refractivity contribution < 1.29 is 18.7 Å². The Labute approximate surface area is 151 Å². The van der Waals surface area contributed by atoms with Gasteiger partial charge in [0.1, 0.15) is 11.9 Å². The van der Waals surface area contributed by atoms with Gasteiger partial charge in [-0.25, -0.2) is 19.2 Å². The van der Waals surface area contributed by atoms with Crippen molar-refractivity contribution in [1.29, 1.82) is 0 Å². The molecule has 0 saturated carbocycles. The molecule has 2 aromatic rings. The van der Waals surface area contributed by atoms with Crippen molar-refractivity contribution in [3.8, 4) is 11.8 Å². The third-order valence-corrected chi connectivity index (χ3v) is 3.95. The summed E-state index contributed by atoms with van der Waals surface area (Å²) in [6.45, 7) is 3.58. The Bertz CT molecular complexity index is 724. The number of likely N-dealkylation sites (tertiary alicyclic amines) is 1. The van der Waals surface area contributed by atoms with E-state index in [4.69, 9.17) is 9.47 Å².